The van der Waals surface area contributed by atoms with E-state index in [1.165, 1.54) is 0 Å². The fraction of sp³-hybridized carbons (Fsp3) is 0.0833. The molecule has 0 amide bonds. The van der Waals surface area contributed by atoms with E-state index < -0.39 is 0 Å². The van der Waals surface area contributed by atoms with Crippen LogP contribution in [0.15, 0.2) is 35.6 Å². The number of hydrogen-bond acceptors (Lipinski definition) is 4. The van der Waals surface area contributed by atoms with E-state index >= 15 is 0 Å². The summed E-state index contributed by atoms with van der Waals surface area (Å²) in [4.78, 5) is 0. The number of rotatable bonds is 2. The lowest BCUT2D eigenvalue weighted by atomic mass is 10.2. The van der Waals surface area contributed by atoms with Gasteiger partial charge in [0.05, 0.1) is 17.0 Å². The van der Waals surface area contributed by atoms with Gasteiger partial charge in [-0.05, 0) is 31.2 Å². The normalized spacial score (nSPS) is 11.3. The second-order valence-corrected chi connectivity index (χ2v) is 4.08. The minimum Gasteiger partial charge on any atom is -0.323 e. The van der Waals surface area contributed by atoms with Gasteiger partial charge in [-0.1, -0.05) is 11.6 Å². The van der Waals surface area contributed by atoms with E-state index in [1.54, 1.807) is 29.9 Å². The predicted octanol–water partition coefficient (Wildman–Crippen LogP) is 2.08. The Morgan fingerprint density at radius 2 is 2.11 bits per heavy atom. The number of nitrogens with zero attached hydrogens (tertiary/aromatic N) is 4. The third-order valence-corrected chi connectivity index (χ3v) is 2.71. The van der Waals surface area contributed by atoms with Crippen LogP contribution in [0.5, 0.6) is 0 Å². The Labute approximate surface area is 109 Å². The van der Waals surface area contributed by atoms with Crippen LogP contribution in [0, 0.1) is 11.3 Å². The SMILES string of the molecule is C/C(=N\N)c1nn(-c2ccc(Cl)cc2)cc1C#N. The maximum absolute atomic E-state index is 9.05. The average Bonchev–Trinajstić information content (AvgIpc) is 2.82. The Bertz CT molecular complexity index is 633. The highest BCUT2D eigenvalue weighted by molar-refractivity contribution is 6.30. The number of hydrogen-bond donors (Lipinski definition) is 1. The molecule has 1 heterocycles. The first-order chi connectivity index (χ1) is 8.65. The van der Waals surface area contributed by atoms with E-state index in [0.717, 1.165) is 5.69 Å². The zero-order chi connectivity index (χ0) is 13.1. The first-order valence-corrected chi connectivity index (χ1v) is 5.54. The second kappa shape index (κ2) is 4.90. The van der Waals surface area contributed by atoms with Crippen molar-refractivity contribution >= 4 is 17.3 Å². The van der Waals surface area contributed by atoms with Crippen LogP contribution >= 0.6 is 11.6 Å². The average molecular weight is 260 g/mol. The summed E-state index contributed by atoms with van der Waals surface area (Å²) in [5.74, 6) is 5.21. The number of benzene rings is 1. The maximum atomic E-state index is 9.05. The van der Waals surface area contributed by atoms with E-state index in [0.29, 0.717) is 22.0 Å². The summed E-state index contributed by atoms with van der Waals surface area (Å²) in [7, 11) is 0. The van der Waals surface area contributed by atoms with Crippen molar-refractivity contribution in [2.45, 2.75) is 6.92 Å². The van der Waals surface area contributed by atoms with Crippen LogP contribution in [-0.4, -0.2) is 15.5 Å². The molecule has 0 radical (unpaired) electrons. The summed E-state index contributed by atoms with van der Waals surface area (Å²) in [6.45, 7) is 1.70. The molecule has 0 fully saturated rings. The van der Waals surface area contributed by atoms with Crippen LogP contribution in [0.2, 0.25) is 5.02 Å². The van der Waals surface area contributed by atoms with Crippen molar-refractivity contribution in [2.24, 2.45) is 10.9 Å². The predicted molar refractivity (Wildman–Crippen MR) is 69.7 cm³/mol. The zero-order valence-corrected chi connectivity index (χ0v) is 10.4. The van der Waals surface area contributed by atoms with Crippen LogP contribution < -0.4 is 5.84 Å². The van der Waals surface area contributed by atoms with Gasteiger partial charge in [-0.15, -0.1) is 0 Å². The molecule has 0 saturated carbocycles. The van der Waals surface area contributed by atoms with Crippen molar-refractivity contribution in [3.05, 3.63) is 46.7 Å². The molecular formula is C12H10ClN5. The van der Waals surface area contributed by atoms with Gasteiger partial charge in [-0.3, -0.25) is 0 Å². The Morgan fingerprint density at radius 3 is 2.67 bits per heavy atom. The van der Waals surface area contributed by atoms with Crippen LogP contribution in [0.3, 0.4) is 0 Å². The molecule has 0 spiro atoms. The molecule has 90 valence electrons. The van der Waals surface area contributed by atoms with Gasteiger partial charge in [-0.2, -0.15) is 15.5 Å². The molecule has 0 atom stereocenters. The first-order valence-electron chi connectivity index (χ1n) is 5.16. The molecule has 0 aliphatic heterocycles. The Balaban J connectivity index is 2.51. The van der Waals surface area contributed by atoms with Crippen molar-refractivity contribution in [1.29, 1.82) is 5.26 Å². The molecule has 2 aromatic rings. The van der Waals surface area contributed by atoms with Gasteiger partial charge >= 0.3 is 0 Å². The molecule has 1 aromatic heterocycles. The lowest BCUT2D eigenvalue weighted by molar-refractivity contribution is 0.874. The Kier molecular flexibility index (Phi) is 3.31. The van der Waals surface area contributed by atoms with Crippen LogP contribution in [-0.2, 0) is 0 Å². The molecule has 6 heteroatoms. The highest BCUT2D eigenvalue weighted by atomic mass is 35.5. The number of hydrazone groups is 1. The molecule has 0 saturated heterocycles. The maximum Gasteiger partial charge on any atom is 0.126 e. The zero-order valence-electron chi connectivity index (χ0n) is 9.63. The fourth-order valence-corrected chi connectivity index (χ4v) is 1.64. The van der Waals surface area contributed by atoms with Gasteiger partial charge < -0.3 is 5.84 Å². The monoisotopic (exact) mass is 259 g/mol. The third kappa shape index (κ3) is 2.19. The van der Waals surface area contributed by atoms with Crippen molar-refractivity contribution in [3.8, 4) is 11.8 Å². The first kappa shape index (κ1) is 12.1. The van der Waals surface area contributed by atoms with Crippen molar-refractivity contribution in [3.63, 3.8) is 0 Å². The summed E-state index contributed by atoms with van der Waals surface area (Å²) < 4.78 is 1.60. The van der Waals surface area contributed by atoms with Gasteiger partial charge in [0.2, 0.25) is 0 Å². The number of nitriles is 1. The van der Waals surface area contributed by atoms with Gasteiger partial charge in [0.1, 0.15) is 11.8 Å². The van der Waals surface area contributed by atoms with Gasteiger partial charge in [0, 0.05) is 11.2 Å². The standard InChI is InChI=1S/C12H10ClN5/c1-8(16-15)12-9(6-14)7-18(17-12)11-4-2-10(13)3-5-11/h2-5,7H,15H2,1H3/b16-8+. The molecule has 0 aliphatic rings. The van der Waals surface area contributed by atoms with Crippen LogP contribution in [0.1, 0.15) is 18.2 Å². The van der Waals surface area contributed by atoms with E-state index in [-0.39, 0.29) is 0 Å². The quantitative estimate of drug-likeness (QED) is 0.509. The molecule has 0 aliphatic carbocycles. The highest BCUT2D eigenvalue weighted by Crippen LogP contribution is 2.15. The molecule has 0 unspecified atom stereocenters. The summed E-state index contributed by atoms with van der Waals surface area (Å²) in [6.07, 6.45) is 1.63. The third-order valence-electron chi connectivity index (χ3n) is 2.46. The van der Waals surface area contributed by atoms with E-state index in [1.807, 2.05) is 12.1 Å². The van der Waals surface area contributed by atoms with E-state index in [9.17, 15) is 0 Å². The minimum atomic E-state index is 0.427. The molecule has 1 aromatic carbocycles. The minimum absolute atomic E-state index is 0.427. The molecule has 0 bridgehead atoms. The molecule has 18 heavy (non-hydrogen) atoms. The van der Waals surface area contributed by atoms with Gasteiger partial charge in [0.25, 0.3) is 0 Å². The summed E-state index contributed by atoms with van der Waals surface area (Å²) in [5, 5.41) is 17.5. The molecule has 2 rings (SSSR count). The largest absolute Gasteiger partial charge is 0.323 e. The topological polar surface area (TPSA) is 80.0 Å². The van der Waals surface area contributed by atoms with Crippen molar-refractivity contribution in [2.75, 3.05) is 0 Å². The second-order valence-electron chi connectivity index (χ2n) is 3.64. The summed E-state index contributed by atoms with van der Waals surface area (Å²) in [5.41, 5.74) is 2.23. The lowest BCUT2D eigenvalue weighted by Gasteiger charge is -2.00. The van der Waals surface area contributed by atoms with Crippen molar-refractivity contribution in [1.82, 2.24) is 9.78 Å². The van der Waals surface area contributed by atoms with Crippen LogP contribution in [0.4, 0.5) is 0 Å². The summed E-state index contributed by atoms with van der Waals surface area (Å²) >= 11 is 5.82. The highest BCUT2D eigenvalue weighted by Gasteiger charge is 2.12. The number of halogens is 1. The van der Waals surface area contributed by atoms with E-state index in [4.69, 9.17) is 22.7 Å². The molecule has 2 N–H and O–H groups in total. The van der Waals surface area contributed by atoms with E-state index in [2.05, 4.69) is 16.3 Å². The Hall–Kier alpha value is -2.32. The Morgan fingerprint density at radius 1 is 1.44 bits per heavy atom. The van der Waals surface area contributed by atoms with Crippen molar-refractivity contribution < 1.29 is 0 Å². The fourth-order valence-electron chi connectivity index (χ4n) is 1.51. The smallest absolute Gasteiger partial charge is 0.126 e. The molecule has 5 nitrogen and oxygen atoms in total. The van der Waals surface area contributed by atoms with Gasteiger partial charge in [-0.25, -0.2) is 4.68 Å². The summed E-state index contributed by atoms with van der Waals surface area (Å²) in [6, 6.07) is 9.21. The number of nitrogens with two attached hydrogens (primary N) is 1. The van der Waals surface area contributed by atoms with Crippen LogP contribution in [0.25, 0.3) is 5.69 Å². The van der Waals surface area contributed by atoms with Gasteiger partial charge in [0.15, 0.2) is 0 Å². The molecular weight excluding hydrogens is 250 g/mol. The number of aromatic nitrogens is 2. The lowest BCUT2D eigenvalue weighted by Crippen LogP contribution is -2.03.